The second-order valence-corrected chi connectivity index (χ2v) is 4.40. The minimum atomic E-state index is -0.401. The number of aryl methyl sites for hydroxylation is 1. The van der Waals surface area contributed by atoms with E-state index in [4.69, 9.17) is 0 Å². The van der Waals surface area contributed by atoms with E-state index < -0.39 is 11.2 Å². The Bertz CT molecular complexity index is 649. The number of nitrogens with zero attached hydrogens (tertiary/aromatic N) is 3. The molecule has 2 heterocycles. The van der Waals surface area contributed by atoms with Crippen LogP contribution in [-0.2, 0) is 13.6 Å². The molecular formula is C10H16N5O2+. The smallest absolute Gasteiger partial charge is 0.330 e. The number of nitrogens with one attached hydrogen (secondary N) is 2. The molecule has 2 rings (SSSR count). The molecule has 0 saturated carbocycles. The van der Waals surface area contributed by atoms with Crippen LogP contribution in [0.15, 0.2) is 15.9 Å². The zero-order valence-corrected chi connectivity index (χ0v) is 10.1. The van der Waals surface area contributed by atoms with Gasteiger partial charge in [-0.1, -0.05) is 0 Å². The number of aromatic nitrogens is 4. The Labute approximate surface area is 97.3 Å². The lowest BCUT2D eigenvalue weighted by atomic mass is 10.5. The number of hydrogen-bond acceptors (Lipinski definition) is 3. The third kappa shape index (κ3) is 2.01. The molecule has 0 aliphatic carbocycles. The van der Waals surface area contributed by atoms with E-state index in [1.165, 1.54) is 9.47 Å². The van der Waals surface area contributed by atoms with Crippen molar-refractivity contribution in [3.05, 3.63) is 27.2 Å². The lowest BCUT2D eigenvalue weighted by Gasteiger charge is -2.09. The van der Waals surface area contributed by atoms with E-state index in [1.807, 2.05) is 14.1 Å². The first kappa shape index (κ1) is 11.6. The molecule has 92 valence electrons. The standard InChI is InChI=1S/C10H15N5O2/c1-13(2)4-5-15-8-7(14(3)6-11-8)9(16)12-10(15)17/h6H,4-5H2,1-3H3,(H,12,16,17)/p+1. The predicted molar refractivity (Wildman–Crippen MR) is 63.3 cm³/mol. The zero-order valence-electron chi connectivity index (χ0n) is 10.1. The van der Waals surface area contributed by atoms with Crippen molar-refractivity contribution in [2.75, 3.05) is 20.6 Å². The molecule has 0 unspecified atom stereocenters. The highest BCUT2D eigenvalue weighted by Gasteiger charge is 2.12. The van der Waals surface area contributed by atoms with Gasteiger partial charge in [0.15, 0.2) is 11.2 Å². The van der Waals surface area contributed by atoms with Crippen LogP contribution in [0.25, 0.3) is 11.2 Å². The number of rotatable bonds is 3. The van der Waals surface area contributed by atoms with Crippen molar-refractivity contribution >= 4 is 11.2 Å². The fourth-order valence-corrected chi connectivity index (χ4v) is 1.74. The van der Waals surface area contributed by atoms with Crippen molar-refractivity contribution < 1.29 is 4.90 Å². The van der Waals surface area contributed by atoms with Crippen molar-refractivity contribution in [3.8, 4) is 0 Å². The average Bonchev–Trinajstić information content (AvgIpc) is 2.60. The maximum atomic E-state index is 11.7. The summed E-state index contributed by atoms with van der Waals surface area (Å²) in [4.78, 5) is 31.0. The largest absolute Gasteiger partial charge is 0.338 e. The Kier molecular flexibility index (Phi) is 2.84. The lowest BCUT2D eigenvalue weighted by Crippen LogP contribution is -3.06. The van der Waals surface area contributed by atoms with E-state index >= 15 is 0 Å². The minimum absolute atomic E-state index is 0.390. The highest BCUT2D eigenvalue weighted by atomic mass is 16.2. The van der Waals surface area contributed by atoms with E-state index in [0.29, 0.717) is 17.7 Å². The van der Waals surface area contributed by atoms with Gasteiger partial charge in [-0.05, 0) is 0 Å². The molecule has 0 aromatic carbocycles. The van der Waals surface area contributed by atoms with Crippen LogP contribution in [-0.4, -0.2) is 39.7 Å². The molecule has 0 amide bonds. The van der Waals surface area contributed by atoms with E-state index in [0.717, 1.165) is 6.54 Å². The summed E-state index contributed by atoms with van der Waals surface area (Å²) in [7, 11) is 5.75. The van der Waals surface area contributed by atoms with Crippen molar-refractivity contribution in [1.29, 1.82) is 0 Å². The predicted octanol–water partition coefficient (Wildman–Crippen LogP) is -2.43. The van der Waals surface area contributed by atoms with E-state index in [9.17, 15) is 9.59 Å². The summed E-state index contributed by atoms with van der Waals surface area (Å²) in [6, 6.07) is 0. The molecular weight excluding hydrogens is 222 g/mol. The van der Waals surface area contributed by atoms with Gasteiger partial charge in [-0.3, -0.25) is 14.3 Å². The second-order valence-electron chi connectivity index (χ2n) is 4.40. The molecule has 0 spiro atoms. The number of hydrogen-bond donors (Lipinski definition) is 2. The van der Waals surface area contributed by atoms with Gasteiger partial charge in [0.1, 0.15) is 0 Å². The molecule has 7 nitrogen and oxygen atoms in total. The van der Waals surface area contributed by atoms with Crippen LogP contribution >= 0.6 is 0 Å². The monoisotopic (exact) mass is 238 g/mol. The Morgan fingerprint density at radius 3 is 2.76 bits per heavy atom. The first-order valence-corrected chi connectivity index (χ1v) is 5.44. The molecule has 0 radical (unpaired) electrons. The fourth-order valence-electron chi connectivity index (χ4n) is 1.74. The van der Waals surface area contributed by atoms with Crippen LogP contribution in [0.5, 0.6) is 0 Å². The molecule has 0 fully saturated rings. The first-order valence-electron chi connectivity index (χ1n) is 5.44. The summed E-state index contributed by atoms with van der Waals surface area (Å²) in [5.41, 5.74) is 0.0850. The van der Waals surface area contributed by atoms with Crippen molar-refractivity contribution in [2.45, 2.75) is 6.54 Å². The van der Waals surface area contributed by atoms with E-state index in [2.05, 4.69) is 9.97 Å². The third-order valence-corrected chi connectivity index (χ3v) is 2.69. The van der Waals surface area contributed by atoms with Gasteiger partial charge in [0.25, 0.3) is 5.56 Å². The third-order valence-electron chi connectivity index (χ3n) is 2.69. The van der Waals surface area contributed by atoms with Gasteiger partial charge in [0, 0.05) is 7.05 Å². The maximum absolute atomic E-state index is 11.7. The number of fused-ring (bicyclic) bond motifs is 1. The number of imidazole rings is 1. The van der Waals surface area contributed by atoms with Gasteiger partial charge in [0.05, 0.1) is 33.5 Å². The molecule has 0 atom stereocenters. The van der Waals surface area contributed by atoms with Gasteiger partial charge >= 0.3 is 5.69 Å². The van der Waals surface area contributed by atoms with Crippen molar-refractivity contribution in [2.24, 2.45) is 7.05 Å². The highest BCUT2D eigenvalue weighted by Crippen LogP contribution is 2.02. The SMILES string of the molecule is Cn1cnc2c1c(=O)[nH]c(=O)n2CC[NH+](C)C. The molecule has 0 bridgehead atoms. The van der Waals surface area contributed by atoms with Crippen LogP contribution in [0.4, 0.5) is 0 Å². The lowest BCUT2D eigenvalue weighted by molar-refractivity contribution is -0.858. The maximum Gasteiger partial charge on any atom is 0.330 e. The molecule has 2 N–H and O–H groups in total. The molecule has 7 heteroatoms. The minimum Gasteiger partial charge on any atom is -0.338 e. The Hall–Kier alpha value is -1.89. The highest BCUT2D eigenvalue weighted by molar-refractivity contribution is 5.69. The molecule has 2 aromatic rings. The summed E-state index contributed by atoms with van der Waals surface area (Å²) >= 11 is 0. The number of aromatic amines is 1. The summed E-state index contributed by atoms with van der Waals surface area (Å²) < 4.78 is 3.12. The molecule has 0 aliphatic heterocycles. The van der Waals surface area contributed by atoms with Crippen LogP contribution in [0.2, 0.25) is 0 Å². The summed E-state index contributed by atoms with van der Waals surface area (Å²) in [6.07, 6.45) is 1.54. The van der Waals surface area contributed by atoms with Crippen LogP contribution in [0.3, 0.4) is 0 Å². The van der Waals surface area contributed by atoms with Crippen molar-refractivity contribution in [3.63, 3.8) is 0 Å². The van der Waals surface area contributed by atoms with Crippen molar-refractivity contribution in [1.82, 2.24) is 19.1 Å². The number of H-pyrrole nitrogens is 1. The number of quaternary nitrogens is 1. The fraction of sp³-hybridized carbons (Fsp3) is 0.500. The first-order chi connectivity index (χ1) is 8.00. The normalized spacial score (nSPS) is 11.5. The molecule has 0 aliphatic rings. The summed E-state index contributed by atoms with van der Waals surface area (Å²) in [5, 5.41) is 0. The average molecular weight is 238 g/mol. The van der Waals surface area contributed by atoms with Gasteiger partial charge < -0.3 is 9.47 Å². The Balaban J connectivity index is 2.62. The van der Waals surface area contributed by atoms with Crippen LogP contribution < -0.4 is 16.1 Å². The van der Waals surface area contributed by atoms with Gasteiger partial charge in [-0.25, -0.2) is 9.78 Å². The van der Waals surface area contributed by atoms with Gasteiger partial charge in [-0.2, -0.15) is 0 Å². The van der Waals surface area contributed by atoms with E-state index in [-0.39, 0.29) is 0 Å². The van der Waals surface area contributed by atoms with Gasteiger partial charge in [0.2, 0.25) is 0 Å². The Morgan fingerprint density at radius 2 is 2.12 bits per heavy atom. The van der Waals surface area contributed by atoms with Crippen LogP contribution in [0.1, 0.15) is 0 Å². The van der Waals surface area contributed by atoms with E-state index in [1.54, 1.807) is 17.9 Å². The zero-order chi connectivity index (χ0) is 12.6. The number of likely N-dealkylation sites (N-methyl/N-ethyl adjacent to an activating group) is 1. The Morgan fingerprint density at radius 1 is 1.41 bits per heavy atom. The molecule has 0 saturated heterocycles. The van der Waals surface area contributed by atoms with Gasteiger partial charge in [-0.15, -0.1) is 0 Å². The van der Waals surface area contributed by atoms with Crippen LogP contribution in [0, 0.1) is 0 Å². The molecule has 2 aromatic heterocycles. The quantitative estimate of drug-likeness (QED) is 0.624. The second kappa shape index (κ2) is 4.17. The molecule has 17 heavy (non-hydrogen) atoms. The summed E-state index contributed by atoms with van der Waals surface area (Å²) in [5.74, 6) is 0. The summed E-state index contributed by atoms with van der Waals surface area (Å²) in [6.45, 7) is 1.32. The topological polar surface area (TPSA) is 77.1 Å².